The molecule has 0 spiro atoms. The Morgan fingerprint density at radius 3 is 2.52 bits per heavy atom. The number of rotatable bonds is 5. The Morgan fingerprint density at radius 2 is 2.00 bits per heavy atom. The number of anilines is 1. The number of nitrogens with zero attached hydrogens (tertiary/aromatic N) is 2. The smallest absolute Gasteiger partial charge is 0.247 e. The van der Waals surface area contributed by atoms with Gasteiger partial charge in [0.25, 0.3) is 0 Å². The SMILES string of the molecule is Cc1ncc(-c2ccc(NC(=O)[C@H](C(C)C)N3CCCC3=O)cc2)o1. The molecular weight excluding hydrogens is 318 g/mol. The monoisotopic (exact) mass is 341 g/mol. The number of carbonyl (C=O) groups is 2. The van der Waals surface area contributed by atoms with Gasteiger partial charge in [0, 0.05) is 31.1 Å². The lowest BCUT2D eigenvalue weighted by molar-refractivity contribution is -0.136. The first-order valence-corrected chi connectivity index (χ1v) is 8.59. The van der Waals surface area contributed by atoms with E-state index >= 15 is 0 Å². The van der Waals surface area contributed by atoms with Crippen molar-refractivity contribution in [2.45, 2.75) is 39.7 Å². The summed E-state index contributed by atoms with van der Waals surface area (Å²) in [7, 11) is 0. The van der Waals surface area contributed by atoms with E-state index in [1.807, 2.05) is 38.1 Å². The fourth-order valence-corrected chi connectivity index (χ4v) is 3.20. The van der Waals surface area contributed by atoms with Gasteiger partial charge in [-0.1, -0.05) is 13.8 Å². The van der Waals surface area contributed by atoms with Crippen molar-refractivity contribution in [1.29, 1.82) is 0 Å². The van der Waals surface area contributed by atoms with Crippen molar-refractivity contribution in [2.24, 2.45) is 5.92 Å². The fraction of sp³-hybridized carbons (Fsp3) is 0.421. The molecule has 1 aromatic carbocycles. The molecule has 0 saturated carbocycles. The van der Waals surface area contributed by atoms with E-state index in [4.69, 9.17) is 4.42 Å². The van der Waals surface area contributed by atoms with Crippen molar-refractivity contribution in [1.82, 2.24) is 9.88 Å². The van der Waals surface area contributed by atoms with Crippen LogP contribution >= 0.6 is 0 Å². The van der Waals surface area contributed by atoms with E-state index in [1.165, 1.54) is 0 Å². The van der Waals surface area contributed by atoms with Crippen LogP contribution in [0.4, 0.5) is 5.69 Å². The van der Waals surface area contributed by atoms with Crippen molar-refractivity contribution in [3.63, 3.8) is 0 Å². The van der Waals surface area contributed by atoms with Gasteiger partial charge in [0.1, 0.15) is 6.04 Å². The van der Waals surface area contributed by atoms with Crippen molar-refractivity contribution < 1.29 is 14.0 Å². The van der Waals surface area contributed by atoms with Gasteiger partial charge in [-0.05, 0) is 36.6 Å². The Balaban J connectivity index is 1.72. The maximum atomic E-state index is 12.7. The van der Waals surface area contributed by atoms with E-state index in [9.17, 15) is 9.59 Å². The summed E-state index contributed by atoms with van der Waals surface area (Å²) >= 11 is 0. The van der Waals surface area contributed by atoms with Crippen LogP contribution in [0.3, 0.4) is 0 Å². The summed E-state index contributed by atoms with van der Waals surface area (Å²) in [6, 6.07) is 6.97. The lowest BCUT2D eigenvalue weighted by Crippen LogP contribution is -2.47. The van der Waals surface area contributed by atoms with Crippen LogP contribution < -0.4 is 5.32 Å². The van der Waals surface area contributed by atoms with Crippen LogP contribution in [-0.2, 0) is 9.59 Å². The number of amides is 2. The molecule has 1 fully saturated rings. The molecule has 2 amide bonds. The average molecular weight is 341 g/mol. The van der Waals surface area contributed by atoms with Gasteiger partial charge in [-0.15, -0.1) is 0 Å². The molecule has 1 atom stereocenters. The van der Waals surface area contributed by atoms with E-state index in [1.54, 1.807) is 18.0 Å². The van der Waals surface area contributed by atoms with Gasteiger partial charge in [-0.25, -0.2) is 4.98 Å². The van der Waals surface area contributed by atoms with E-state index in [0.717, 1.165) is 12.0 Å². The summed E-state index contributed by atoms with van der Waals surface area (Å²) in [5.74, 6) is 1.28. The third kappa shape index (κ3) is 3.73. The third-order valence-electron chi connectivity index (χ3n) is 4.40. The summed E-state index contributed by atoms with van der Waals surface area (Å²) in [5.41, 5.74) is 1.59. The number of carbonyl (C=O) groups excluding carboxylic acids is 2. The second-order valence-electron chi connectivity index (χ2n) is 6.69. The molecule has 0 aliphatic carbocycles. The van der Waals surface area contributed by atoms with Crippen molar-refractivity contribution in [3.05, 3.63) is 36.4 Å². The van der Waals surface area contributed by atoms with Crippen LogP contribution in [-0.4, -0.2) is 34.3 Å². The number of benzene rings is 1. The van der Waals surface area contributed by atoms with Crippen molar-refractivity contribution >= 4 is 17.5 Å². The summed E-state index contributed by atoms with van der Waals surface area (Å²) in [6.07, 6.45) is 3.03. The Kier molecular flexibility index (Phi) is 4.88. The molecule has 3 rings (SSSR count). The number of likely N-dealkylation sites (tertiary alicyclic amines) is 1. The maximum Gasteiger partial charge on any atom is 0.247 e. The normalized spacial score (nSPS) is 15.7. The van der Waals surface area contributed by atoms with Gasteiger partial charge in [-0.3, -0.25) is 9.59 Å². The Hall–Kier alpha value is -2.63. The molecule has 132 valence electrons. The van der Waals surface area contributed by atoms with Crippen LogP contribution in [0.5, 0.6) is 0 Å². The molecular formula is C19H23N3O3. The summed E-state index contributed by atoms with van der Waals surface area (Å²) in [4.78, 5) is 30.5. The van der Waals surface area contributed by atoms with Crippen molar-refractivity contribution in [2.75, 3.05) is 11.9 Å². The predicted molar refractivity (Wildman–Crippen MR) is 94.9 cm³/mol. The first kappa shape index (κ1) is 17.2. The number of aromatic nitrogens is 1. The molecule has 6 heteroatoms. The van der Waals surface area contributed by atoms with E-state index in [2.05, 4.69) is 10.3 Å². The molecule has 0 bridgehead atoms. The highest BCUT2D eigenvalue weighted by atomic mass is 16.4. The second kappa shape index (κ2) is 7.09. The molecule has 2 aromatic rings. The molecule has 1 saturated heterocycles. The minimum absolute atomic E-state index is 0.0542. The zero-order valence-electron chi connectivity index (χ0n) is 14.8. The molecule has 0 unspecified atom stereocenters. The summed E-state index contributed by atoms with van der Waals surface area (Å²) in [5, 5.41) is 2.93. The standard InChI is InChI=1S/C19H23N3O3/c1-12(2)18(22-10-4-5-17(22)23)19(24)21-15-8-6-14(7-9-15)16-11-20-13(3)25-16/h6-9,11-12,18H,4-5,10H2,1-3H3,(H,21,24)/t18-/m0/s1. The minimum atomic E-state index is -0.438. The lowest BCUT2D eigenvalue weighted by atomic mass is 10.0. The van der Waals surface area contributed by atoms with Gasteiger partial charge in [0.2, 0.25) is 11.8 Å². The van der Waals surface area contributed by atoms with Crippen LogP contribution in [0, 0.1) is 12.8 Å². The molecule has 2 heterocycles. The predicted octanol–water partition coefficient (Wildman–Crippen LogP) is 3.24. The number of hydrogen-bond acceptors (Lipinski definition) is 4. The van der Waals surface area contributed by atoms with Crippen LogP contribution in [0.15, 0.2) is 34.9 Å². The van der Waals surface area contributed by atoms with Gasteiger partial charge in [-0.2, -0.15) is 0 Å². The molecule has 0 radical (unpaired) electrons. The fourth-order valence-electron chi connectivity index (χ4n) is 3.20. The molecule has 6 nitrogen and oxygen atoms in total. The highest BCUT2D eigenvalue weighted by Crippen LogP contribution is 2.24. The Bertz CT molecular complexity index is 764. The van der Waals surface area contributed by atoms with Crippen molar-refractivity contribution in [3.8, 4) is 11.3 Å². The van der Waals surface area contributed by atoms with Gasteiger partial charge in [0.05, 0.1) is 6.20 Å². The zero-order chi connectivity index (χ0) is 18.0. The first-order chi connectivity index (χ1) is 12.0. The van der Waals surface area contributed by atoms with Crippen LogP contribution in [0.25, 0.3) is 11.3 Å². The van der Waals surface area contributed by atoms with E-state index in [0.29, 0.717) is 30.3 Å². The Morgan fingerprint density at radius 1 is 1.28 bits per heavy atom. The largest absolute Gasteiger partial charge is 0.441 e. The number of aryl methyl sites for hydroxylation is 1. The van der Waals surface area contributed by atoms with Crippen LogP contribution in [0.1, 0.15) is 32.6 Å². The topological polar surface area (TPSA) is 75.4 Å². The minimum Gasteiger partial charge on any atom is -0.441 e. The highest BCUT2D eigenvalue weighted by Gasteiger charge is 2.34. The third-order valence-corrected chi connectivity index (χ3v) is 4.40. The number of nitrogens with one attached hydrogen (secondary N) is 1. The molecule has 1 aliphatic rings. The zero-order valence-corrected chi connectivity index (χ0v) is 14.8. The average Bonchev–Trinajstić information content (AvgIpc) is 3.17. The van der Waals surface area contributed by atoms with Crippen LogP contribution in [0.2, 0.25) is 0 Å². The lowest BCUT2D eigenvalue weighted by Gasteiger charge is -2.29. The highest BCUT2D eigenvalue weighted by molar-refractivity contribution is 5.97. The molecule has 1 N–H and O–H groups in total. The molecule has 25 heavy (non-hydrogen) atoms. The first-order valence-electron chi connectivity index (χ1n) is 8.59. The van der Waals surface area contributed by atoms with Gasteiger partial charge < -0.3 is 14.6 Å². The second-order valence-corrected chi connectivity index (χ2v) is 6.69. The quantitative estimate of drug-likeness (QED) is 0.906. The molecule has 1 aliphatic heterocycles. The van der Waals surface area contributed by atoms with E-state index in [-0.39, 0.29) is 17.7 Å². The summed E-state index contributed by atoms with van der Waals surface area (Å²) in [6.45, 7) is 6.37. The molecule has 1 aromatic heterocycles. The number of oxazole rings is 1. The van der Waals surface area contributed by atoms with Gasteiger partial charge >= 0.3 is 0 Å². The van der Waals surface area contributed by atoms with Gasteiger partial charge in [0.15, 0.2) is 11.7 Å². The Labute approximate surface area is 147 Å². The van der Waals surface area contributed by atoms with E-state index < -0.39 is 6.04 Å². The maximum absolute atomic E-state index is 12.7. The number of hydrogen-bond donors (Lipinski definition) is 1. The summed E-state index contributed by atoms with van der Waals surface area (Å²) < 4.78 is 5.50.